The van der Waals surface area contributed by atoms with Crippen molar-refractivity contribution in [3.8, 4) is 0 Å². The Labute approximate surface area is 150 Å². The van der Waals surface area contributed by atoms with Crippen LogP contribution < -0.4 is 5.32 Å². The summed E-state index contributed by atoms with van der Waals surface area (Å²) < 4.78 is 5.75. The molecule has 1 N–H and O–H groups in total. The number of hydrogen-bond donors (Lipinski definition) is 1. The zero-order valence-corrected chi connectivity index (χ0v) is 15.1. The van der Waals surface area contributed by atoms with Crippen molar-refractivity contribution in [2.24, 2.45) is 0 Å². The number of amides is 1. The predicted molar refractivity (Wildman–Crippen MR) is 96.7 cm³/mol. The van der Waals surface area contributed by atoms with Crippen molar-refractivity contribution >= 4 is 27.8 Å². The zero-order chi connectivity index (χ0) is 17.4. The van der Waals surface area contributed by atoms with Gasteiger partial charge in [-0.25, -0.2) is 4.79 Å². The van der Waals surface area contributed by atoms with Crippen LogP contribution in [0.3, 0.4) is 0 Å². The van der Waals surface area contributed by atoms with Gasteiger partial charge in [-0.1, -0.05) is 55.8 Å². The topological polar surface area (TPSA) is 55.4 Å². The van der Waals surface area contributed by atoms with Gasteiger partial charge in [-0.2, -0.15) is 0 Å². The van der Waals surface area contributed by atoms with E-state index >= 15 is 0 Å². The number of carbonyl (C=O) groups excluding carboxylic acids is 2. The van der Waals surface area contributed by atoms with Crippen LogP contribution in [-0.4, -0.2) is 18.5 Å². The fourth-order valence-electron chi connectivity index (χ4n) is 2.37. The van der Waals surface area contributed by atoms with Crippen molar-refractivity contribution in [1.82, 2.24) is 5.32 Å². The van der Waals surface area contributed by atoms with Gasteiger partial charge in [0.25, 0.3) is 5.91 Å². The number of halogens is 1. The molecule has 0 bridgehead atoms. The van der Waals surface area contributed by atoms with Gasteiger partial charge in [-0.3, -0.25) is 4.79 Å². The van der Waals surface area contributed by atoms with Crippen molar-refractivity contribution in [3.63, 3.8) is 0 Å². The molecule has 0 fully saturated rings. The van der Waals surface area contributed by atoms with Gasteiger partial charge in [0.05, 0.1) is 11.6 Å². The molecule has 0 saturated carbocycles. The van der Waals surface area contributed by atoms with Crippen molar-refractivity contribution in [1.29, 1.82) is 0 Å². The third-order valence-corrected chi connectivity index (χ3v) is 4.23. The summed E-state index contributed by atoms with van der Waals surface area (Å²) in [4.78, 5) is 24.1. The molecule has 0 aliphatic carbocycles. The molecule has 126 valence electrons. The number of ether oxygens (including phenoxy) is 1. The summed E-state index contributed by atoms with van der Waals surface area (Å²) >= 11 is 3.29. The van der Waals surface area contributed by atoms with Crippen molar-refractivity contribution in [2.75, 3.05) is 6.61 Å². The van der Waals surface area contributed by atoms with E-state index in [1.165, 1.54) is 0 Å². The van der Waals surface area contributed by atoms with Crippen molar-refractivity contribution in [2.45, 2.75) is 25.8 Å². The maximum Gasteiger partial charge on any atom is 0.339 e. The Balaban J connectivity index is 1.92. The quantitative estimate of drug-likeness (QED) is 0.719. The molecule has 2 aromatic rings. The molecule has 1 unspecified atom stereocenters. The largest absolute Gasteiger partial charge is 0.452 e. The Morgan fingerprint density at radius 1 is 1.08 bits per heavy atom. The molecule has 0 radical (unpaired) electrons. The van der Waals surface area contributed by atoms with E-state index in [-0.39, 0.29) is 18.6 Å². The Hall–Kier alpha value is -2.14. The molecule has 4 nitrogen and oxygen atoms in total. The average molecular weight is 390 g/mol. The van der Waals surface area contributed by atoms with Crippen LogP contribution in [-0.2, 0) is 9.53 Å². The van der Waals surface area contributed by atoms with Crippen molar-refractivity contribution in [3.05, 3.63) is 70.2 Å². The summed E-state index contributed by atoms with van der Waals surface area (Å²) in [6, 6.07) is 16.7. The SMILES string of the molecule is CCCC(NC(=O)COC(=O)c1ccccc1Br)c1ccccc1. The number of esters is 1. The molecule has 0 aromatic heterocycles. The Bertz CT molecular complexity index is 688. The normalized spacial score (nSPS) is 11.6. The van der Waals surface area contributed by atoms with Gasteiger partial charge in [-0.05, 0) is 40.0 Å². The van der Waals surface area contributed by atoms with Gasteiger partial charge in [-0.15, -0.1) is 0 Å². The lowest BCUT2D eigenvalue weighted by molar-refractivity contribution is -0.125. The van der Waals surface area contributed by atoms with E-state index in [4.69, 9.17) is 4.74 Å². The Kier molecular flexibility index (Phi) is 7.00. The monoisotopic (exact) mass is 389 g/mol. The van der Waals surface area contributed by atoms with Crippen LogP contribution in [0.15, 0.2) is 59.1 Å². The lowest BCUT2D eigenvalue weighted by Crippen LogP contribution is -2.32. The maximum absolute atomic E-state index is 12.1. The second kappa shape index (κ2) is 9.23. The molecule has 0 saturated heterocycles. The average Bonchev–Trinajstić information content (AvgIpc) is 2.60. The highest BCUT2D eigenvalue weighted by atomic mass is 79.9. The molecule has 0 heterocycles. The van der Waals surface area contributed by atoms with Gasteiger partial charge in [0.1, 0.15) is 0 Å². The van der Waals surface area contributed by atoms with E-state index < -0.39 is 5.97 Å². The minimum Gasteiger partial charge on any atom is -0.452 e. The van der Waals surface area contributed by atoms with Crippen LogP contribution in [0.1, 0.15) is 41.7 Å². The van der Waals surface area contributed by atoms with Crippen LogP contribution in [0.5, 0.6) is 0 Å². The molecule has 5 heteroatoms. The number of nitrogens with one attached hydrogen (secondary N) is 1. The molecule has 1 amide bonds. The standard InChI is InChI=1S/C19H20BrNO3/c1-2-8-17(14-9-4-3-5-10-14)21-18(22)13-24-19(23)15-11-6-7-12-16(15)20/h3-7,9-12,17H,2,8,13H2,1H3,(H,21,22). The highest BCUT2D eigenvalue weighted by Crippen LogP contribution is 2.18. The van der Waals surface area contributed by atoms with Crippen LogP contribution in [0.2, 0.25) is 0 Å². The van der Waals surface area contributed by atoms with Crippen LogP contribution in [0, 0.1) is 0 Å². The van der Waals surface area contributed by atoms with Gasteiger partial charge < -0.3 is 10.1 Å². The van der Waals surface area contributed by atoms with E-state index in [2.05, 4.69) is 28.2 Å². The summed E-state index contributed by atoms with van der Waals surface area (Å²) in [5.41, 5.74) is 1.45. The smallest absolute Gasteiger partial charge is 0.339 e. The van der Waals surface area contributed by atoms with Crippen LogP contribution >= 0.6 is 15.9 Å². The molecule has 0 spiro atoms. The van der Waals surface area contributed by atoms with E-state index in [0.29, 0.717) is 10.0 Å². The Morgan fingerprint density at radius 3 is 2.42 bits per heavy atom. The third-order valence-electron chi connectivity index (χ3n) is 3.54. The predicted octanol–water partition coefficient (Wildman–Crippen LogP) is 4.26. The zero-order valence-electron chi connectivity index (χ0n) is 13.5. The second-order valence-corrected chi connectivity index (χ2v) is 6.23. The fraction of sp³-hybridized carbons (Fsp3) is 0.263. The first-order valence-corrected chi connectivity index (χ1v) is 8.67. The molecule has 1 atom stereocenters. The molecular weight excluding hydrogens is 370 g/mol. The minimum absolute atomic E-state index is 0.0779. The molecule has 0 aliphatic heterocycles. The highest BCUT2D eigenvalue weighted by Gasteiger charge is 2.16. The van der Waals surface area contributed by atoms with E-state index in [1.54, 1.807) is 18.2 Å². The molecular formula is C19H20BrNO3. The van der Waals surface area contributed by atoms with Gasteiger partial charge >= 0.3 is 5.97 Å². The van der Waals surface area contributed by atoms with Gasteiger partial charge in [0.15, 0.2) is 6.61 Å². The number of carbonyl (C=O) groups is 2. The number of rotatable bonds is 7. The van der Waals surface area contributed by atoms with Crippen molar-refractivity contribution < 1.29 is 14.3 Å². The molecule has 0 aliphatic rings. The molecule has 24 heavy (non-hydrogen) atoms. The molecule has 2 rings (SSSR count). The first kappa shape index (κ1) is 18.2. The summed E-state index contributed by atoms with van der Waals surface area (Å²) in [5.74, 6) is -0.831. The summed E-state index contributed by atoms with van der Waals surface area (Å²) in [5, 5.41) is 2.93. The minimum atomic E-state index is -0.524. The summed E-state index contributed by atoms with van der Waals surface area (Å²) in [6.07, 6.45) is 1.77. The Morgan fingerprint density at radius 2 is 1.75 bits per heavy atom. The molecule has 2 aromatic carbocycles. The summed E-state index contributed by atoms with van der Waals surface area (Å²) in [7, 11) is 0. The van der Waals surface area contributed by atoms with Crippen LogP contribution in [0.25, 0.3) is 0 Å². The lowest BCUT2D eigenvalue weighted by Gasteiger charge is -2.18. The summed E-state index contributed by atoms with van der Waals surface area (Å²) in [6.45, 7) is 1.77. The number of benzene rings is 2. The highest BCUT2D eigenvalue weighted by molar-refractivity contribution is 9.10. The van der Waals surface area contributed by atoms with Gasteiger partial charge in [0.2, 0.25) is 0 Å². The first-order valence-electron chi connectivity index (χ1n) is 7.87. The fourth-order valence-corrected chi connectivity index (χ4v) is 2.81. The first-order chi connectivity index (χ1) is 11.6. The second-order valence-electron chi connectivity index (χ2n) is 5.38. The van der Waals surface area contributed by atoms with Crippen LogP contribution in [0.4, 0.5) is 0 Å². The van der Waals surface area contributed by atoms with Gasteiger partial charge in [0, 0.05) is 4.47 Å². The lowest BCUT2D eigenvalue weighted by atomic mass is 10.0. The van der Waals surface area contributed by atoms with E-state index in [9.17, 15) is 9.59 Å². The number of hydrogen-bond acceptors (Lipinski definition) is 3. The van der Waals surface area contributed by atoms with E-state index in [0.717, 1.165) is 18.4 Å². The third kappa shape index (κ3) is 5.20. The van der Waals surface area contributed by atoms with E-state index in [1.807, 2.05) is 36.4 Å². The maximum atomic E-state index is 12.1.